The second-order valence-electron chi connectivity index (χ2n) is 7.07. The van der Waals surface area contributed by atoms with Crippen molar-refractivity contribution in [3.8, 4) is 0 Å². The Morgan fingerprint density at radius 1 is 1.11 bits per heavy atom. The van der Waals surface area contributed by atoms with Crippen molar-refractivity contribution in [2.45, 2.75) is 26.8 Å². The molecule has 2 aromatic carbocycles. The average Bonchev–Trinajstić information content (AvgIpc) is 3.14. The van der Waals surface area contributed by atoms with E-state index < -0.39 is 0 Å². The Hall–Kier alpha value is -1.60. The first-order valence-electron chi connectivity index (χ1n) is 9.61. The lowest BCUT2D eigenvalue weighted by Crippen LogP contribution is -2.35. The highest BCUT2D eigenvalue weighted by molar-refractivity contribution is 14.0. The quantitative estimate of drug-likeness (QED) is 0.365. The van der Waals surface area contributed by atoms with Gasteiger partial charge in [0.05, 0.1) is 6.54 Å². The molecular formula is C22H31IN4. The number of nitrogens with zero attached hydrogens (tertiary/aromatic N) is 2. The molecule has 2 aromatic rings. The van der Waals surface area contributed by atoms with Crippen LogP contribution in [0.2, 0.25) is 0 Å². The van der Waals surface area contributed by atoms with Gasteiger partial charge in [-0.15, -0.1) is 24.0 Å². The Balaban J connectivity index is 0.00000261. The first-order valence-corrected chi connectivity index (χ1v) is 9.61. The molecule has 1 saturated heterocycles. The largest absolute Gasteiger partial charge is 0.356 e. The lowest BCUT2D eigenvalue weighted by atomic mass is 10.1. The Kier molecular flexibility index (Phi) is 9.07. The molecule has 0 aliphatic carbocycles. The first kappa shape index (κ1) is 21.7. The number of nitrogens with one attached hydrogen (secondary N) is 2. The minimum absolute atomic E-state index is 0. The molecule has 1 aliphatic rings. The molecule has 0 saturated carbocycles. The number of para-hydroxylation sites is 1. The summed E-state index contributed by atoms with van der Waals surface area (Å²) in [7, 11) is 0. The van der Waals surface area contributed by atoms with Gasteiger partial charge in [0.2, 0.25) is 0 Å². The number of rotatable bonds is 6. The van der Waals surface area contributed by atoms with E-state index >= 15 is 0 Å². The molecule has 5 heteroatoms. The summed E-state index contributed by atoms with van der Waals surface area (Å²) in [6.07, 6.45) is 1.26. The molecule has 1 aliphatic heterocycles. The summed E-state index contributed by atoms with van der Waals surface area (Å²) in [5.41, 5.74) is 3.56. The fraction of sp³-hybridized carbons (Fsp3) is 0.409. The van der Waals surface area contributed by atoms with Crippen molar-refractivity contribution < 1.29 is 0 Å². The van der Waals surface area contributed by atoms with Crippen molar-refractivity contribution in [2.75, 3.05) is 31.5 Å². The van der Waals surface area contributed by atoms with Crippen LogP contribution >= 0.6 is 24.0 Å². The van der Waals surface area contributed by atoms with Crippen molar-refractivity contribution in [2.24, 2.45) is 10.9 Å². The number of guanidine groups is 1. The summed E-state index contributed by atoms with van der Waals surface area (Å²) in [5.74, 6) is 1.55. The SMILES string of the molecule is CCN1CCC(CNC(=NCc2ccc(C)cc2)Nc2ccccc2)C1.I. The maximum atomic E-state index is 4.80. The maximum absolute atomic E-state index is 4.80. The summed E-state index contributed by atoms with van der Waals surface area (Å²) in [6, 6.07) is 18.8. The van der Waals surface area contributed by atoms with E-state index in [2.05, 4.69) is 65.8 Å². The molecule has 1 atom stereocenters. The number of aliphatic imine (C=N–C) groups is 1. The van der Waals surface area contributed by atoms with Gasteiger partial charge in [-0.05, 0) is 50.0 Å². The number of anilines is 1. The average molecular weight is 478 g/mol. The summed E-state index contributed by atoms with van der Waals surface area (Å²) >= 11 is 0. The van der Waals surface area contributed by atoms with Crippen molar-refractivity contribution >= 4 is 35.6 Å². The van der Waals surface area contributed by atoms with Gasteiger partial charge in [0, 0.05) is 18.8 Å². The number of hydrogen-bond donors (Lipinski definition) is 2. The standard InChI is InChI=1S/C22H30N4.HI/c1-3-26-14-13-20(17-26)16-24-22(25-21-7-5-4-6-8-21)23-15-19-11-9-18(2)10-12-19;/h4-12,20H,3,13-17H2,1-2H3,(H2,23,24,25);1H. The first-order chi connectivity index (χ1) is 12.7. The predicted molar refractivity (Wildman–Crippen MR) is 126 cm³/mol. The van der Waals surface area contributed by atoms with Crippen LogP contribution in [0.5, 0.6) is 0 Å². The second-order valence-corrected chi connectivity index (χ2v) is 7.07. The number of hydrogen-bond acceptors (Lipinski definition) is 2. The summed E-state index contributed by atoms with van der Waals surface area (Å²) in [5, 5.41) is 6.98. The molecule has 0 radical (unpaired) electrons. The van der Waals surface area contributed by atoms with Gasteiger partial charge in [-0.3, -0.25) is 0 Å². The summed E-state index contributed by atoms with van der Waals surface area (Å²) in [6.45, 7) is 9.52. The van der Waals surface area contributed by atoms with Crippen molar-refractivity contribution in [3.63, 3.8) is 0 Å². The van der Waals surface area contributed by atoms with E-state index in [4.69, 9.17) is 4.99 Å². The summed E-state index contributed by atoms with van der Waals surface area (Å²) in [4.78, 5) is 7.31. The zero-order chi connectivity index (χ0) is 18.2. The fourth-order valence-electron chi connectivity index (χ4n) is 3.27. The third-order valence-corrected chi connectivity index (χ3v) is 4.95. The fourth-order valence-corrected chi connectivity index (χ4v) is 3.27. The molecule has 2 N–H and O–H groups in total. The van der Waals surface area contributed by atoms with Crippen LogP contribution in [0.25, 0.3) is 0 Å². The predicted octanol–water partition coefficient (Wildman–Crippen LogP) is 4.51. The highest BCUT2D eigenvalue weighted by atomic mass is 127. The van der Waals surface area contributed by atoms with Crippen molar-refractivity contribution in [3.05, 3.63) is 65.7 Å². The highest BCUT2D eigenvalue weighted by Crippen LogP contribution is 2.15. The van der Waals surface area contributed by atoms with E-state index in [9.17, 15) is 0 Å². The monoisotopic (exact) mass is 478 g/mol. The summed E-state index contributed by atoms with van der Waals surface area (Å²) < 4.78 is 0. The minimum atomic E-state index is 0. The van der Waals surface area contributed by atoms with Gasteiger partial charge in [-0.1, -0.05) is 55.0 Å². The molecule has 0 spiro atoms. The molecule has 0 bridgehead atoms. The Bertz CT molecular complexity index is 700. The normalized spacial score (nSPS) is 17.4. The molecule has 146 valence electrons. The van der Waals surface area contributed by atoms with E-state index in [0.29, 0.717) is 12.5 Å². The van der Waals surface area contributed by atoms with Crippen LogP contribution in [-0.2, 0) is 6.54 Å². The van der Waals surface area contributed by atoms with E-state index in [1.807, 2.05) is 18.2 Å². The number of aryl methyl sites for hydroxylation is 1. The van der Waals surface area contributed by atoms with Crippen molar-refractivity contribution in [1.29, 1.82) is 0 Å². The van der Waals surface area contributed by atoms with Crippen LogP contribution in [0.4, 0.5) is 5.69 Å². The molecule has 1 fully saturated rings. The van der Waals surface area contributed by atoms with Crippen LogP contribution in [0, 0.1) is 12.8 Å². The molecule has 0 aromatic heterocycles. The number of halogens is 1. The van der Waals surface area contributed by atoms with Crippen LogP contribution in [-0.4, -0.2) is 37.0 Å². The number of likely N-dealkylation sites (tertiary alicyclic amines) is 1. The van der Waals surface area contributed by atoms with Crippen LogP contribution in [0.15, 0.2) is 59.6 Å². The van der Waals surface area contributed by atoms with Gasteiger partial charge in [0.1, 0.15) is 0 Å². The topological polar surface area (TPSA) is 39.7 Å². The smallest absolute Gasteiger partial charge is 0.196 e. The van der Waals surface area contributed by atoms with Gasteiger partial charge < -0.3 is 15.5 Å². The van der Waals surface area contributed by atoms with Gasteiger partial charge in [-0.25, -0.2) is 4.99 Å². The molecule has 4 nitrogen and oxygen atoms in total. The maximum Gasteiger partial charge on any atom is 0.196 e. The zero-order valence-corrected chi connectivity index (χ0v) is 18.6. The highest BCUT2D eigenvalue weighted by Gasteiger charge is 2.21. The Labute approximate surface area is 180 Å². The Morgan fingerprint density at radius 2 is 1.85 bits per heavy atom. The van der Waals surface area contributed by atoms with E-state index in [1.165, 1.54) is 30.6 Å². The van der Waals surface area contributed by atoms with Gasteiger partial charge in [-0.2, -0.15) is 0 Å². The molecule has 27 heavy (non-hydrogen) atoms. The Morgan fingerprint density at radius 3 is 2.52 bits per heavy atom. The van der Waals surface area contributed by atoms with Crippen LogP contribution in [0.3, 0.4) is 0 Å². The van der Waals surface area contributed by atoms with Gasteiger partial charge in [0.15, 0.2) is 5.96 Å². The lowest BCUT2D eigenvalue weighted by Gasteiger charge is -2.17. The molecule has 0 amide bonds. The van der Waals surface area contributed by atoms with E-state index in [0.717, 1.165) is 24.7 Å². The van der Waals surface area contributed by atoms with Crippen LogP contribution < -0.4 is 10.6 Å². The lowest BCUT2D eigenvalue weighted by molar-refractivity contribution is 0.342. The zero-order valence-electron chi connectivity index (χ0n) is 16.3. The molecule has 1 heterocycles. The second kappa shape index (κ2) is 11.3. The van der Waals surface area contributed by atoms with Gasteiger partial charge in [0.25, 0.3) is 0 Å². The van der Waals surface area contributed by atoms with Crippen LogP contribution in [0.1, 0.15) is 24.5 Å². The third kappa shape index (κ3) is 7.14. The van der Waals surface area contributed by atoms with E-state index in [1.54, 1.807) is 0 Å². The molecule has 3 rings (SSSR count). The minimum Gasteiger partial charge on any atom is -0.356 e. The van der Waals surface area contributed by atoms with Gasteiger partial charge >= 0.3 is 0 Å². The number of benzene rings is 2. The third-order valence-electron chi connectivity index (χ3n) is 4.95. The molecular weight excluding hydrogens is 447 g/mol. The van der Waals surface area contributed by atoms with E-state index in [-0.39, 0.29) is 24.0 Å². The molecule has 1 unspecified atom stereocenters. The van der Waals surface area contributed by atoms with Crippen molar-refractivity contribution in [1.82, 2.24) is 10.2 Å².